The average molecular weight is 183 g/mol. The highest BCUT2D eigenvalue weighted by Crippen LogP contribution is 2.20. The van der Waals surface area contributed by atoms with E-state index >= 15 is 0 Å². The Morgan fingerprint density at radius 2 is 2.33 bits per heavy atom. The third-order valence-electron chi connectivity index (χ3n) is 1.32. The van der Waals surface area contributed by atoms with E-state index in [0.29, 0.717) is 22.7 Å². The van der Waals surface area contributed by atoms with Gasteiger partial charge in [-0.15, -0.1) is 0 Å². The number of pyridine rings is 1. The minimum absolute atomic E-state index is 0.299. The summed E-state index contributed by atoms with van der Waals surface area (Å²) in [5, 5.41) is 0.299. The summed E-state index contributed by atoms with van der Waals surface area (Å²) in [6.07, 6.45) is 5.01. The molecule has 0 aliphatic rings. The lowest BCUT2D eigenvalue weighted by molar-refractivity contribution is -0.104. The van der Waals surface area contributed by atoms with E-state index in [0.717, 1.165) is 0 Å². The number of aldehydes is 1. The van der Waals surface area contributed by atoms with Crippen LogP contribution in [0.15, 0.2) is 18.3 Å². The summed E-state index contributed by atoms with van der Waals surface area (Å²) in [5.41, 5.74) is 6.65. The maximum Gasteiger partial charge on any atom is 0.142 e. The van der Waals surface area contributed by atoms with Gasteiger partial charge in [-0.05, 0) is 18.2 Å². The number of halogens is 1. The van der Waals surface area contributed by atoms with Gasteiger partial charge in [-0.2, -0.15) is 0 Å². The molecule has 0 fully saturated rings. The molecule has 0 atom stereocenters. The Balaban J connectivity index is 3.12. The fourth-order valence-electron chi connectivity index (χ4n) is 0.762. The number of carbonyl (C=O) groups excluding carboxylic acids is 1. The van der Waals surface area contributed by atoms with Crippen molar-refractivity contribution in [1.82, 2.24) is 4.98 Å². The van der Waals surface area contributed by atoms with Gasteiger partial charge >= 0.3 is 0 Å². The smallest absolute Gasteiger partial charge is 0.142 e. The van der Waals surface area contributed by atoms with Crippen molar-refractivity contribution in [2.75, 3.05) is 5.73 Å². The zero-order valence-electron chi connectivity index (χ0n) is 6.20. The van der Waals surface area contributed by atoms with E-state index < -0.39 is 0 Å². The maximum atomic E-state index is 10.0. The molecule has 1 aromatic rings. The van der Waals surface area contributed by atoms with Gasteiger partial charge in [0.1, 0.15) is 11.4 Å². The van der Waals surface area contributed by atoms with Gasteiger partial charge in [-0.3, -0.25) is 4.79 Å². The van der Waals surface area contributed by atoms with Crippen LogP contribution in [0.5, 0.6) is 0 Å². The van der Waals surface area contributed by atoms with Gasteiger partial charge in [-0.25, -0.2) is 4.98 Å². The number of hydrogen-bond acceptors (Lipinski definition) is 3. The Labute approximate surface area is 74.9 Å². The quantitative estimate of drug-likeness (QED) is 0.429. The van der Waals surface area contributed by atoms with E-state index in [4.69, 9.17) is 17.3 Å². The van der Waals surface area contributed by atoms with Crippen LogP contribution in [-0.4, -0.2) is 11.3 Å². The third-order valence-corrected chi connectivity index (χ3v) is 1.62. The first-order valence-electron chi connectivity index (χ1n) is 3.27. The van der Waals surface area contributed by atoms with Crippen molar-refractivity contribution < 1.29 is 4.79 Å². The molecule has 12 heavy (non-hydrogen) atoms. The Kier molecular flexibility index (Phi) is 2.82. The summed E-state index contributed by atoms with van der Waals surface area (Å²) < 4.78 is 0. The minimum Gasteiger partial charge on any atom is -0.398 e. The number of anilines is 1. The number of nitrogen functional groups attached to an aromatic ring is 1. The Hall–Kier alpha value is -1.35. The van der Waals surface area contributed by atoms with Crippen LogP contribution in [0.25, 0.3) is 6.08 Å². The standard InChI is InChI=1S/C8H7ClN2O/c9-8-6(2-1-5-12)7(10)3-4-11-8/h1-5H,(H2,10,11). The van der Waals surface area contributed by atoms with Crippen molar-refractivity contribution in [3.8, 4) is 0 Å². The predicted molar refractivity (Wildman–Crippen MR) is 48.8 cm³/mol. The van der Waals surface area contributed by atoms with E-state index in [1.54, 1.807) is 6.07 Å². The molecule has 1 aromatic heterocycles. The lowest BCUT2D eigenvalue weighted by Crippen LogP contribution is -1.91. The number of rotatable bonds is 2. The number of hydrogen-bond donors (Lipinski definition) is 1. The molecule has 2 N–H and O–H groups in total. The SMILES string of the molecule is Nc1ccnc(Cl)c1C=CC=O. The second-order valence-electron chi connectivity index (χ2n) is 2.10. The lowest BCUT2D eigenvalue weighted by Gasteiger charge is -1.99. The zero-order chi connectivity index (χ0) is 8.97. The molecule has 0 spiro atoms. The monoisotopic (exact) mass is 182 g/mol. The van der Waals surface area contributed by atoms with Crippen LogP contribution in [-0.2, 0) is 4.79 Å². The Bertz CT molecular complexity index is 303. The number of carbonyl (C=O) groups is 1. The number of nitrogens with two attached hydrogens (primary N) is 1. The first-order chi connectivity index (χ1) is 5.75. The van der Waals surface area contributed by atoms with Crippen LogP contribution in [0.2, 0.25) is 5.15 Å². The van der Waals surface area contributed by atoms with Gasteiger partial charge in [0.25, 0.3) is 0 Å². The molecule has 0 saturated carbocycles. The van der Waals surface area contributed by atoms with Crippen molar-refractivity contribution in [3.63, 3.8) is 0 Å². The highest BCUT2D eigenvalue weighted by Gasteiger charge is 2.00. The molecular weight excluding hydrogens is 176 g/mol. The Morgan fingerprint density at radius 1 is 1.58 bits per heavy atom. The van der Waals surface area contributed by atoms with Crippen molar-refractivity contribution in [2.24, 2.45) is 0 Å². The second-order valence-corrected chi connectivity index (χ2v) is 2.46. The van der Waals surface area contributed by atoms with Crippen molar-refractivity contribution >= 4 is 29.7 Å². The van der Waals surface area contributed by atoms with E-state index in [1.807, 2.05) is 0 Å². The molecule has 0 aliphatic heterocycles. The van der Waals surface area contributed by atoms with Crippen LogP contribution in [0.4, 0.5) is 5.69 Å². The summed E-state index contributed by atoms with van der Waals surface area (Å²) in [6.45, 7) is 0. The Morgan fingerprint density at radius 3 is 2.92 bits per heavy atom. The van der Waals surface area contributed by atoms with Gasteiger partial charge < -0.3 is 5.73 Å². The van der Waals surface area contributed by atoms with Crippen molar-refractivity contribution in [1.29, 1.82) is 0 Å². The van der Waals surface area contributed by atoms with Gasteiger partial charge in [0.05, 0.1) is 0 Å². The highest BCUT2D eigenvalue weighted by molar-refractivity contribution is 6.31. The topological polar surface area (TPSA) is 56.0 Å². The van der Waals surface area contributed by atoms with Crippen LogP contribution >= 0.6 is 11.6 Å². The molecule has 1 rings (SSSR count). The highest BCUT2D eigenvalue weighted by atomic mass is 35.5. The first-order valence-corrected chi connectivity index (χ1v) is 3.65. The van der Waals surface area contributed by atoms with Crippen molar-refractivity contribution in [2.45, 2.75) is 0 Å². The minimum atomic E-state index is 0.299. The second kappa shape index (κ2) is 3.88. The average Bonchev–Trinajstić information content (AvgIpc) is 2.04. The summed E-state index contributed by atoms with van der Waals surface area (Å²) in [6, 6.07) is 1.62. The fourth-order valence-corrected chi connectivity index (χ4v) is 0.990. The van der Waals surface area contributed by atoms with E-state index in [1.165, 1.54) is 18.3 Å². The molecular formula is C8H7ClN2O. The molecule has 3 nitrogen and oxygen atoms in total. The largest absolute Gasteiger partial charge is 0.398 e. The third kappa shape index (κ3) is 1.83. The number of allylic oxidation sites excluding steroid dienone is 1. The molecule has 0 radical (unpaired) electrons. The summed E-state index contributed by atoms with van der Waals surface area (Å²) in [7, 11) is 0. The molecule has 0 amide bonds. The van der Waals surface area contributed by atoms with E-state index in [-0.39, 0.29) is 0 Å². The molecule has 0 aromatic carbocycles. The first kappa shape index (κ1) is 8.74. The van der Waals surface area contributed by atoms with Crippen LogP contribution in [0.1, 0.15) is 5.56 Å². The lowest BCUT2D eigenvalue weighted by atomic mass is 10.2. The normalized spacial score (nSPS) is 10.4. The summed E-state index contributed by atoms with van der Waals surface area (Å²) in [5.74, 6) is 0. The van der Waals surface area contributed by atoms with Gasteiger partial charge in [-0.1, -0.05) is 11.6 Å². The number of nitrogens with zero attached hydrogens (tertiary/aromatic N) is 1. The van der Waals surface area contributed by atoms with Crippen molar-refractivity contribution in [3.05, 3.63) is 29.1 Å². The molecule has 1 heterocycles. The summed E-state index contributed by atoms with van der Waals surface area (Å²) in [4.78, 5) is 13.8. The molecule has 62 valence electrons. The number of aromatic nitrogens is 1. The van der Waals surface area contributed by atoms with Gasteiger partial charge in [0.2, 0.25) is 0 Å². The summed E-state index contributed by atoms with van der Waals surface area (Å²) >= 11 is 5.71. The van der Waals surface area contributed by atoms with Crippen LogP contribution in [0, 0.1) is 0 Å². The molecule has 0 unspecified atom stereocenters. The zero-order valence-corrected chi connectivity index (χ0v) is 6.95. The molecule has 4 heteroatoms. The van der Waals surface area contributed by atoms with E-state index in [9.17, 15) is 4.79 Å². The fraction of sp³-hybridized carbons (Fsp3) is 0. The van der Waals surface area contributed by atoms with Crippen LogP contribution in [0.3, 0.4) is 0 Å². The van der Waals surface area contributed by atoms with E-state index in [2.05, 4.69) is 4.98 Å². The van der Waals surface area contributed by atoms with Gasteiger partial charge in [0, 0.05) is 17.4 Å². The predicted octanol–water partition coefficient (Wildman–Crippen LogP) is 1.53. The van der Waals surface area contributed by atoms with Crippen LogP contribution < -0.4 is 5.73 Å². The molecule has 0 saturated heterocycles. The maximum absolute atomic E-state index is 10.0. The van der Waals surface area contributed by atoms with Gasteiger partial charge in [0.15, 0.2) is 0 Å². The molecule has 0 aliphatic carbocycles. The molecule has 0 bridgehead atoms.